The van der Waals surface area contributed by atoms with Crippen molar-refractivity contribution >= 4 is 5.78 Å². The first kappa shape index (κ1) is 13.2. The second-order valence-electron chi connectivity index (χ2n) is 7.12. The molecule has 0 aromatic rings. The van der Waals surface area contributed by atoms with E-state index in [1.807, 2.05) is 7.11 Å². The molecule has 4 fully saturated rings. The third kappa shape index (κ3) is 1.81. The van der Waals surface area contributed by atoms with Crippen LogP contribution in [0.15, 0.2) is 0 Å². The van der Waals surface area contributed by atoms with Gasteiger partial charge in [-0.15, -0.1) is 0 Å². The molecule has 112 valence electrons. The molecular formula is C16H26N2O2. The van der Waals surface area contributed by atoms with Gasteiger partial charge in [-0.2, -0.15) is 0 Å². The van der Waals surface area contributed by atoms with Gasteiger partial charge in [0, 0.05) is 25.0 Å². The summed E-state index contributed by atoms with van der Waals surface area (Å²) in [6.07, 6.45) is 6.08. The predicted molar refractivity (Wildman–Crippen MR) is 76.4 cm³/mol. The molecule has 4 nitrogen and oxygen atoms in total. The van der Waals surface area contributed by atoms with E-state index >= 15 is 0 Å². The van der Waals surface area contributed by atoms with Crippen LogP contribution in [0.3, 0.4) is 0 Å². The largest absolute Gasteiger partial charge is 0.381 e. The number of nitrogens with one attached hydrogen (secondary N) is 2. The van der Waals surface area contributed by atoms with Gasteiger partial charge in [0.25, 0.3) is 0 Å². The number of carbonyl (C=O) groups is 1. The smallest absolute Gasteiger partial charge is 0.153 e. The van der Waals surface area contributed by atoms with Crippen LogP contribution in [-0.4, -0.2) is 44.2 Å². The van der Waals surface area contributed by atoms with E-state index in [0.717, 1.165) is 38.3 Å². The maximum Gasteiger partial charge on any atom is 0.153 e. The maximum atomic E-state index is 12.9. The number of ether oxygens (including phenoxy) is 1. The van der Waals surface area contributed by atoms with Crippen LogP contribution < -0.4 is 10.6 Å². The minimum absolute atomic E-state index is 0.114. The number of rotatable bonds is 1. The minimum atomic E-state index is 0.114. The molecule has 2 saturated carbocycles. The molecule has 0 aromatic heterocycles. The molecule has 7 atom stereocenters. The Morgan fingerprint density at radius 2 is 1.85 bits per heavy atom. The first-order valence-corrected chi connectivity index (χ1v) is 8.34. The number of piperidine rings is 2. The Labute approximate surface area is 121 Å². The number of methoxy groups -OCH3 is 1. The van der Waals surface area contributed by atoms with Crippen LogP contribution in [-0.2, 0) is 9.53 Å². The molecule has 20 heavy (non-hydrogen) atoms. The summed E-state index contributed by atoms with van der Waals surface area (Å²) in [5, 5.41) is 7.30. The highest BCUT2D eigenvalue weighted by molar-refractivity contribution is 5.88. The summed E-state index contributed by atoms with van der Waals surface area (Å²) in [4.78, 5) is 12.9. The van der Waals surface area contributed by atoms with E-state index in [1.165, 1.54) is 12.8 Å². The summed E-state index contributed by atoms with van der Waals surface area (Å²) in [6.45, 7) is 2.14. The zero-order chi connectivity index (χ0) is 13.7. The number of hydrogen-bond donors (Lipinski definition) is 2. The lowest BCUT2D eigenvalue weighted by Crippen LogP contribution is -2.70. The first-order chi connectivity index (χ1) is 9.81. The molecular weight excluding hydrogens is 252 g/mol. The van der Waals surface area contributed by atoms with Gasteiger partial charge in [0.15, 0.2) is 5.78 Å². The van der Waals surface area contributed by atoms with Crippen LogP contribution in [0.2, 0.25) is 0 Å². The Hall–Kier alpha value is -0.450. The molecule has 2 aliphatic heterocycles. The molecule has 0 amide bonds. The van der Waals surface area contributed by atoms with Crippen molar-refractivity contribution in [2.45, 2.75) is 50.3 Å². The summed E-state index contributed by atoms with van der Waals surface area (Å²) in [5.74, 6) is 2.35. The SMILES string of the molecule is COC1CCCC2C(=O)C3NCCC4CCNC(C12)C43. The zero-order valence-corrected chi connectivity index (χ0v) is 12.3. The molecule has 4 aliphatic rings. The van der Waals surface area contributed by atoms with Gasteiger partial charge < -0.3 is 15.4 Å². The Bertz CT molecular complexity index is 398. The van der Waals surface area contributed by atoms with Gasteiger partial charge in [-0.05, 0) is 50.6 Å². The van der Waals surface area contributed by atoms with Crippen LogP contribution in [0.5, 0.6) is 0 Å². The fraction of sp³-hybridized carbons (Fsp3) is 0.938. The molecule has 2 saturated heterocycles. The Morgan fingerprint density at radius 1 is 1.05 bits per heavy atom. The summed E-state index contributed by atoms with van der Waals surface area (Å²) in [5.41, 5.74) is 0. The number of fused-ring (bicyclic) bond motifs is 2. The fourth-order valence-electron chi connectivity index (χ4n) is 5.62. The standard InChI is InChI=1S/C16H26N2O2/c1-20-11-4-2-3-10-13(11)14-12-9(5-7-17-14)6-8-18-15(12)16(10)19/h9-15,17-18H,2-8H2,1H3. The molecule has 2 N–H and O–H groups in total. The van der Waals surface area contributed by atoms with E-state index in [2.05, 4.69) is 10.6 Å². The van der Waals surface area contributed by atoms with E-state index in [9.17, 15) is 4.79 Å². The van der Waals surface area contributed by atoms with Gasteiger partial charge in [-0.25, -0.2) is 0 Å². The summed E-state index contributed by atoms with van der Waals surface area (Å²) < 4.78 is 5.77. The molecule has 0 aromatic carbocycles. The Kier molecular flexibility index (Phi) is 3.36. The van der Waals surface area contributed by atoms with Gasteiger partial charge >= 0.3 is 0 Å². The Morgan fingerprint density at radius 3 is 2.65 bits per heavy atom. The van der Waals surface area contributed by atoms with E-state index in [-0.39, 0.29) is 18.1 Å². The molecule has 0 spiro atoms. The van der Waals surface area contributed by atoms with Crippen molar-refractivity contribution < 1.29 is 9.53 Å². The quantitative estimate of drug-likeness (QED) is 0.750. The van der Waals surface area contributed by atoms with E-state index in [4.69, 9.17) is 4.74 Å². The first-order valence-electron chi connectivity index (χ1n) is 8.34. The van der Waals surface area contributed by atoms with Crippen LogP contribution in [0.4, 0.5) is 0 Å². The molecule has 4 heteroatoms. The topological polar surface area (TPSA) is 50.4 Å². The molecule has 7 unspecified atom stereocenters. The molecule has 4 rings (SSSR count). The maximum absolute atomic E-state index is 12.9. The highest BCUT2D eigenvalue weighted by Crippen LogP contribution is 2.47. The van der Waals surface area contributed by atoms with Crippen LogP contribution in [0, 0.1) is 23.7 Å². The summed E-state index contributed by atoms with van der Waals surface area (Å²) in [7, 11) is 1.82. The average molecular weight is 278 g/mol. The van der Waals surface area contributed by atoms with E-state index in [0.29, 0.717) is 23.7 Å². The number of hydrogen-bond acceptors (Lipinski definition) is 4. The molecule has 0 bridgehead atoms. The molecule has 2 aliphatic carbocycles. The van der Waals surface area contributed by atoms with Crippen molar-refractivity contribution in [1.82, 2.24) is 10.6 Å². The van der Waals surface area contributed by atoms with Crippen LogP contribution in [0.25, 0.3) is 0 Å². The minimum Gasteiger partial charge on any atom is -0.381 e. The third-order valence-corrected chi connectivity index (χ3v) is 6.41. The van der Waals surface area contributed by atoms with Gasteiger partial charge in [-0.1, -0.05) is 6.42 Å². The highest BCUT2D eigenvalue weighted by atomic mass is 16.5. The van der Waals surface area contributed by atoms with Crippen molar-refractivity contribution in [3.05, 3.63) is 0 Å². The lowest BCUT2D eigenvalue weighted by Gasteiger charge is -2.57. The lowest BCUT2D eigenvalue weighted by molar-refractivity contribution is -0.148. The van der Waals surface area contributed by atoms with Crippen LogP contribution in [0.1, 0.15) is 32.1 Å². The zero-order valence-electron chi connectivity index (χ0n) is 12.3. The second kappa shape index (κ2) is 5.08. The Balaban J connectivity index is 1.71. The fourth-order valence-corrected chi connectivity index (χ4v) is 5.62. The predicted octanol–water partition coefficient (Wildman–Crippen LogP) is 0.957. The normalized spacial score (nSPS) is 51.2. The van der Waals surface area contributed by atoms with Gasteiger partial charge in [0.05, 0.1) is 12.1 Å². The number of Topliss-reactive ketones (excluding diaryl/α,β-unsaturated/α-hetero) is 1. The van der Waals surface area contributed by atoms with E-state index < -0.39 is 0 Å². The summed E-state index contributed by atoms with van der Waals surface area (Å²) in [6, 6.07) is 0.600. The third-order valence-electron chi connectivity index (χ3n) is 6.41. The van der Waals surface area contributed by atoms with Gasteiger partial charge in [0.1, 0.15) is 0 Å². The van der Waals surface area contributed by atoms with Crippen molar-refractivity contribution in [2.75, 3.05) is 20.2 Å². The number of carbonyl (C=O) groups excluding carboxylic acids is 1. The molecule has 2 heterocycles. The second-order valence-corrected chi connectivity index (χ2v) is 7.12. The van der Waals surface area contributed by atoms with Gasteiger partial charge in [0.2, 0.25) is 0 Å². The van der Waals surface area contributed by atoms with Crippen molar-refractivity contribution in [3.63, 3.8) is 0 Å². The van der Waals surface area contributed by atoms with E-state index in [1.54, 1.807) is 0 Å². The van der Waals surface area contributed by atoms with Crippen molar-refractivity contribution in [2.24, 2.45) is 23.7 Å². The average Bonchev–Trinajstić information content (AvgIpc) is 2.51. The summed E-state index contributed by atoms with van der Waals surface area (Å²) >= 11 is 0. The van der Waals surface area contributed by atoms with Crippen molar-refractivity contribution in [3.8, 4) is 0 Å². The highest BCUT2D eigenvalue weighted by Gasteiger charge is 2.57. The molecule has 0 radical (unpaired) electrons. The lowest BCUT2D eigenvalue weighted by atomic mass is 9.56. The van der Waals surface area contributed by atoms with Crippen molar-refractivity contribution in [1.29, 1.82) is 0 Å². The monoisotopic (exact) mass is 278 g/mol. The number of ketones is 1. The van der Waals surface area contributed by atoms with Gasteiger partial charge in [-0.3, -0.25) is 4.79 Å². The van der Waals surface area contributed by atoms with Crippen LogP contribution >= 0.6 is 0 Å².